The van der Waals surface area contributed by atoms with E-state index in [-0.39, 0.29) is 30.8 Å². The summed E-state index contributed by atoms with van der Waals surface area (Å²) in [6.45, 7) is 6.06. The number of rotatable bonds is 5. The summed E-state index contributed by atoms with van der Waals surface area (Å²) in [4.78, 5) is 0. The molecule has 0 aliphatic carbocycles. The quantitative estimate of drug-likeness (QED) is 0.760. The molecule has 0 unspecified atom stereocenters. The van der Waals surface area contributed by atoms with E-state index in [2.05, 4.69) is 15.9 Å². The van der Waals surface area contributed by atoms with Gasteiger partial charge < -0.3 is 20.7 Å². The van der Waals surface area contributed by atoms with E-state index in [1.54, 1.807) is 12.1 Å². The maximum atomic E-state index is 9.83. The van der Waals surface area contributed by atoms with Gasteiger partial charge in [0.2, 0.25) is 0 Å². The minimum absolute atomic E-state index is 0. The monoisotopic (exact) mass is 353 g/mol. The molecule has 0 aliphatic heterocycles. The van der Waals surface area contributed by atoms with Crippen LogP contribution in [0.1, 0.15) is 32.4 Å². The SMILES string of the molecule is CCOc1cc([C@@H](N)C(C)(C)CO)cc(Br)c1O.Cl. The molecule has 1 rings (SSSR count). The minimum atomic E-state index is -0.445. The molecule has 0 fully saturated rings. The van der Waals surface area contributed by atoms with Crippen molar-refractivity contribution in [1.29, 1.82) is 0 Å². The third kappa shape index (κ3) is 4.24. The van der Waals surface area contributed by atoms with Gasteiger partial charge in [-0.1, -0.05) is 13.8 Å². The Morgan fingerprint density at radius 3 is 2.47 bits per heavy atom. The summed E-state index contributed by atoms with van der Waals surface area (Å²) in [5.41, 5.74) is 6.51. The lowest BCUT2D eigenvalue weighted by molar-refractivity contribution is 0.132. The number of aliphatic hydroxyl groups is 1. The van der Waals surface area contributed by atoms with Crippen molar-refractivity contribution in [2.75, 3.05) is 13.2 Å². The Labute approximate surface area is 128 Å². The highest BCUT2D eigenvalue weighted by atomic mass is 79.9. The van der Waals surface area contributed by atoms with Gasteiger partial charge in [-0.25, -0.2) is 0 Å². The Bertz CT molecular complexity index is 427. The van der Waals surface area contributed by atoms with Crippen molar-refractivity contribution in [1.82, 2.24) is 0 Å². The van der Waals surface area contributed by atoms with Crippen LogP contribution in [0.3, 0.4) is 0 Å². The first kappa shape index (κ1) is 18.5. The van der Waals surface area contributed by atoms with Crippen LogP contribution in [0.2, 0.25) is 0 Å². The number of aliphatic hydroxyl groups excluding tert-OH is 1. The van der Waals surface area contributed by atoms with Gasteiger partial charge in [-0.3, -0.25) is 0 Å². The normalized spacial score (nSPS) is 12.7. The number of hydrogen-bond acceptors (Lipinski definition) is 4. The van der Waals surface area contributed by atoms with Gasteiger partial charge in [0.05, 0.1) is 11.1 Å². The lowest BCUT2D eigenvalue weighted by atomic mass is 9.82. The Hall–Kier alpha value is -0.490. The van der Waals surface area contributed by atoms with Crippen molar-refractivity contribution in [3.05, 3.63) is 22.2 Å². The van der Waals surface area contributed by atoms with E-state index in [4.69, 9.17) is 10.5 Å². The van der Waals surface area contributed by atoms with Crippen molar-refractivity contribution in [2.45, 2.75) is 26.8 Å². The highest BCUT2D eigenvalue weighted by Crippen LogP contribution is 2.40. The van der Waals surface area contributed by atoms with Crippen molar-refractivity contribution >= 4 is 28.3 Å². The second-order valence-corrected chi connectivity index (χ2v) is 5.76. The highest BCUT2D eigenvalue weighted by Gasteiger charge is 2.28. The van der Waals surface area contributed by atoms with E-state index < -0.39 is 5.41 Å². The predicted octanol–water partition coefficient (Wildman–Crippen LogP) is 2.99. The molecule has 1 atom stereocenters. The average molecular weight is 355 g/mol. The molecule has 19 heavy (non-hydrogen) atoms. The van der Waals surface area contributed by atoms with Crippen LogP contribution < -0.4 is 10.5 Å². The summed E-state index contributed by atoms with van der Waals surface area (Å²) in [5, 5.41) is 19.2. The van der Waals surface area contributed by atoms with E-state index >= 15 is 0 Å². The molecule has 6 heteroatoms. The fraction of sp³-hybridized carbons (Fsp3) is 0.538. The average Bonchev–Trinajstić information content (AvgIpc) is 2.34. The lowest BCUT2D eigenvalue weighted by Gasteiger charge is -2.30. The first-order chi connectivity index (χ1) is 8.33. The fourth-order valence-corrected chi connectivity index (χ4v) is 2.05. The highest BCUT2D eigenvalue weighted by molar-refractivity contribution is 9.10. The molecule has 0 bridgehead atoms. The van der Waals surface area contributed by atoms with Crippen LogP contribution in [0.15, 0.2) is 16.6 Å². The van der Waals surface area contributed by atoms with Crippen LogP contribution in [0.4, 0.5) is 0 Å². The Morgan fingerprint density at radius 1 is 1.42 bits per heavy atom. The van der Waals surface area contributed by atoms with Gasteiger partial charge in [0.25, 0.3) is 0 Å². The van der Waals surface area contributed by atoms with Crippen molar-refractivity contribution in [3.63, 3.8) is 0 Å². The second-order valence-electron chi connectivity index (χ2n) is 4.91. The number of phenols is 1. The first-order valence-electron chi connectivity index (χ1n) is 5.85. The Balaban J connectivity index is 0.00000324. The van der Waals surface area contributed by atoms with Gasteiger partial charge in [0.15, 0.2) is 11.5 Å². The van der Waals surface area contributed by atoms with Gasteiger partial charge in [-0.15, -0.1) is 12.4 Å². The molecule has 0 heterocycles. The number of benzene rings is 1. The van der Waals surface area contributed by atoms with E-state index in [1.165, 1.54) is 0 Å². The summed E-state index contributed by atoms with van der Waals surface area (Å²) in [6, 6.07) is 3.12. The van der Waals surface area contributed by atoms with Crippen molar-refractivity contribution < 1.29 is 14.9 Å². The molecule has 0 saturated heterocycles. The summed E-state index contributed by atoms with van der Waals surface area (Å²) in [6.07, 6.45) is 0. The van der Waals surface area contributed by atoms with E-state index in [0.29, 0.717) is 16.8 Å². The molecule has 4 nitrogen and oxygen atoms in total. The Morgan fingerprint density at radius 2 is 2.00 bits per heavy atom. The topological polar surface area (TPSA) is 75.7 Å². The van der Waals surface area contributed by atoms with Gasteiger partial charge in [-0.2, -0.15) is 0 Å². The van der Waals surface area contributed by atoms with Crippen LogP contribution >= 0.6 is 28.3 Å². The number of aromatic hydroxyl groups is 1. The summed E-state index contributed by atoms with van der Waals surface area (Å²) < 4.78 is 5.89. The third-order valence-electron chi connectivity index (χ3n) is 2.96. The molecular weight excluding hydrogens is 334 g/mol. The molecule has 0 saturated carbocycles. The second kappa shape index (κ2) is 7.33. The molecular formula is C13H21BrClNO3. The molecule has 0 aromatic heterocycles. The van der Waals surface area contributed by atoms with Gasteiger partial charge >= 0.3 is 0 Å². The van der Waals surface area contributed by atoms with Crippen LogP contribution in [-0.4, -0.2) is 23.4 Å². The van der Waals surface area contributed by atoms with Crippen molar-refractivity contribution in [3.8, 4) is 11.5 Å². The van der Waals surface area contributed by atoms with Gasteiger partial charge in [-0.05, 0) is 40.5 Å². The Kier molecular flexibility index (Phi) is 7.15. The number of hydrogen-bond donors (Lipinski definition) is 3. The lowest BCUT2D eigenvalue weighted by Crippen LogP contribution is -2.32. The van der Waals surface area contributed by atoms with Crippen LogP contribution in [0.5, 0.6) is 11.5 Å². The van der Waals surface area contributed by atoms with E-state index in [9.17, 15) is 10.2 Å². The largest absolute Gasteiger partial charge is 0.503 e. The maximum absolute atomic E-state index is 9.83. The molecule has 0 aliphatic rings. The number of halogens is 2. The zero-order valence-electron chi connectivity index (χ0n) is 11.3. The molecule has 110 valence electrons. The molecule has 0 spiro atoms. The minimum Gasteiger partial charge on any atom is -0.503 e. The predicted molar refractivity (Wildman–Crippen MR) is 82.0 cm³/mol. The van der Waals surface area contributed by atoms with Crippen molar-refractivity contribution in [2.24, 2.45) is 11.1 Å². The number of phenolic OH excluding ortho intramolecular Hbond substituents is 1. The molecule has 4 N–H and O–H groups in total. The van der Waals surface area contributed by atoms with E-state index in [0.717, 1.165) is 5.56 Å². The smallest absolute Gasteiger partial charge is 0.172 e. The standard InChI is InChI=1S/C13H20BrNO3.ClH/c1-4-18-10-6-8(5-9(14)11(10)17)12(15)13(2,3)7-16;/h5-6,12,16-17H,4,7,15H2,1-3H3;1H/t12-;/m1./s1. The number of nitrogens with two attached hydrogens (primary N) is 1. The van der Waals surface area contributed by atoms with Crippen LogP contribution in [0.25, 0.3) is 0 Å². The summed E-state index contributed by atoms with van der Waals surface area (Å²) in [7, 11) is 0. The van der Waals surface area contributed by atoms with Gasteiger partial charge in [0.1, 0.15) is 0 Å². The zero-order chi connectivity index (χ0) is 13.9. The zero-order valence-corrected chi connectivity index (χ0v) is 13.7. The van der Waals surface area contributed by atoms with Gasteiger partial charge in [0, 0.05) is 18.1 Å². The number of ether oxygens (including phenoxy) is 1. The molecule has 0 radical (unpaired) electrons. The van der Waals surface area contributed by atoms with Crippen LogP contribution in [0, 0.1) is 5.41 Å². The maximum Gasteiger partial charge on any atom is 0.172 e. The summed E-state index contributed by atoms with van der Waals surface area (Å²) >= 11 is 3.28. The molecule has 1 aromatic rings. The van der Waals surface area contributed by atoms with Crippen LogP contribution in [-0.2, 0) is 0 Å². The first-order valence-corrected chi connectivity index (χ1v) is 6.64. The molecule has 1 aromatic carbocycles. The molecule has 0 amide bonds. The third-order valence-corrected chi connectivity index (χ3v) is 3.56. The van der Waals surface area contributed by atoms with E-state index in [1.807, 2.05) is 20.8 Å². The fourth-order valence-electron chi connectivity index (χ4n) is 1.59. The summed E-state index contributed by atoms with van der Waals surface area (Å²) in [5.74, 6) is 0.459.